The van der Waals surface area contributed by atoms with Crippen LogP contribution in [0.5, 0.6) is 11.5 Å². The van der Waals surface area contributed by atoms with Crippen LogP contribution < -0.4 is 14.8 Å². The van der Waals surface area contributed by atoms with Crippen molar-refractivity contribution in [1.82, 2.24) is 4.98 Å². The Morgan fingerprint density at radius 1 is 1.16 bits per heavy atom. The van der Waals surface area contributed by atoms with Gasteiger partial charge in [0.15, 0.2) is 0 Å². The summed E-state index contributed by atoms with van der Waals surface area (Å²) in [6, 6.07) is 3.28. The van der Waals surface area contributed by atoms with Gasteiger partial charge < -0.3 is 19.8 Å². The number of methoxy groups -OCH3 is 2. The average molecular weight is 379 g/mol. The number of aromatic amines is 1. The molecule has 2 heterocycles. The summed E-state index contributed by atoms with van der Waals surface area (Å²) in [6.45, 7) is 6.00. The Morgan fingerprint density at radius 3 is 2.48 bits per heavy atom. The molecule has 7 heteroatoms. The van der Waals surface area contributed by atoms with Crippen LogP contribution in [0.25, 0.3) is 10.2 Å². The van der Waals surface area contributed by atoms with Gasteiger partial charge in [0.25, 0.3) is 5.91 Å². The van der Waals surface area contributed by atoms with Gasteiger partial charge >= 0.3 is 0 Å². The van der Waals surface area contributed by atoms with Crippen molar-refractivity contribution in [3.05, 3.63) is 38.9 Å². The van der Waals surface area contributed by atoms with Crippen molar-refractivity contribution in [1.29, 1.82) is 0 Å². The second kappa shape index (κ2) is 6.61. The monoisotopic (exact) mass is 378 g/mol. The third-order valence-corrected chi connectivity index (χ3v) is 5.77. The molecule has 132 valence electrons. The van der Waals surface area contributed by atoms with E-state index in [1.807, 2.05) is 13.8 Å². The molecule has 0 aliphatic carbocycles. The van der Waals surface area contributed by atoms with Crippen molar-refractivity contribution in [2.45, 2.75) is 20.8 Å². The van der Waals surface area contributed by atoms with Crippen molar-refractivity contribution < 1.29 is 14.3 Å². The minimum atomic E-state index is -0.204. The number of nitrogens with one attached hydrogen (secondary N) is 2. The number of hydrogen-bond acceptors (Lipinski definition) is 4. The molecular weight excluding hydrogens is 360 g/mol. The van der Waals surface area contributed by atoms with Crippen LogP contribution >= 0.6 is 22.9 Å². The Bertz CT molecular complexity index is 975. The second-order valence-corrected chi connectivity index (χ2v) is 7.39. The lowest BCUT2D eigenvalue weighted by molar-refractivity contribution is 0.102. The number of anilines is 1. The van der Waals surface area contributed by atoms with Gasteiger partial charge in [-0.05, 0) is 32.4 Å². The molecule has 1 amide bonds. The Morgan fingerprint density at radius 2 is 1.84 bits per heavy atom. The van der Waals surface area contributed by atoms with Gasteiger partial charge in [0.05, 0.1) is 40.7 Å². The first-order valence-electron chi connectivity index (χ1n) is 7.68. The van der Waals surface area contributed by atoms with E-state index in [1.54, 1.807) is 23.5 Å². The van der Waals surface area contributed by atoms with Crippen molar-refractivity contribution in [2.24, 2.45) is 0 Å². The number of hydrogen-bond donors (Lipinski definition) is 2. The molecule has 0 radical (unpaired) electrons. The predicted octanol–water partition coefficient (Wildman–Crippen LogP) is 5.08. The summed E-state index contributed by atoms with van der Waals surface area (Å²) in [5, 5.41) is 3.30. The normalized spacial score (nSPS) is 11.0. The van der Waals surface area contributed by atoms with Gasteiger partial charge in [-0.3, -0.25) is 4.79 Å². The Labute approximate surface area is 154 Å². The third-order valence-electron chi connectivity index (χ3n) is 4.25. The fraction of sp³-hybridized carbons (Fsp3) is 0.278. The summed E-state index contributed by atoms with van der Waals surface area (Å²) in [5.41, 5.74) is 4.25. The zero-order valence-corrected chi connectivity index (χ0v) is 16.2. The number of rotatable bonds is 4. The summed E-state index contributed by atoms with van der Waals surface area (Å²) in [4.78, 5) is 17.2. The molecule has 0 aliphatic rings. The first-order chi connectivity index (χ1) is 11.9. The van der Waals surface area contributed by atoms with Crippen molar-refractivity contribution in [3.8, 4) is 11.5 Å². The topological polar surface area (TPSA) is 63.4 Å². The van der Waals surface area contributed by atoms with Crippen LogP contribution in [0.3, 0.4) is 0 Å². The van der Waals surface area contributed by atoms with Crippen LogP contribution in [0.15, 0.2) is 12.1 Å². The highest BCUT2D eigenvalue weighted by Gasteiger charge is 2.22. The van der Waals surface area contributed by atoms with Gasteiger partial charge in [0.1, 0.15) is 11.5 Å². The standard InChI is InChI=1S/C18H19ClN2O3S/c1-8-9(2)20-16-15(10(3)25-17(8)16)18(22)21-12-6-11(19)13(23-4)7-14(12)24-5/h6-7,20H,1-5H3,(H,21,22). The van der Waals surface area contributed by atoms with E-state index in [-0.39, 0.29) is 5.91 Å². The summed E-state index contributed by atoms with van der Waals surface area (Å²) in [6.07, 6.45) is 0. The molecule has 0 saturated heterocycles. The number of aromatic nitrogens is 1. The maximum atomic E-state index is 12.9. The van der Waals surface area contributed by atoms with E-state index in [2.05, 4.69) is 17.2 Å². The molecule has 0 atom stereocenters. The van der Waals surface area contributed by atoms with Crippen LogP contribution in [-0.4, -0.2) is 25.1 Å². The van der Waals surface area contributed by atoms with E-state index in [1.165, 1.54) is 19.8 Å². The zero-order chi connectivity index (χ0) is 18.3. The van der Waals surface area contributed by atoms with Gasteiger partial charge in [-0.15, -0.1) is 11.3 Å². The minimum absolute atomic E-state index is 0.204. The highest BCUT2D eigenvalue weighted by atomic mass is 35.5. The SMILES string of the molecule is COc1cc(OC)c(NC(=O)c2c(C)sc3c(C)c(C)[nH]c23)cc1Cl. The Hall–Kier alpha value is -2.18. The predicted molar refractivity (Wildman–Crippen MR) is 103 cm³/mol. The number of carbonyl (C=O) groups excluding carboxylic acids is 1. The number of amides is 1. The first kappa shape index (κ1) is 17.6. The Balaban J connectivity index is 2.02. The third kappa shape index (κ3) is 2.96. The lowest BCUT2D eigenvalue weighted by atomic mass is 10.2. The summed E-state index contributed by atoms with van der Waals surface area (Å²) >= 11 is 7.80. The molecule has 2 aromatic heterocycles. The molecule has 5 nitrogen and oxygen atoms in total. The molecule has 0 saturated carbocycles. The van der Waals surface area contributed by atoms with Crippen molar-refractivity contribution >= 4 is 44.7 Å². The second-order valence-electron chi connectivity index (χ2n) is 5.75. The summed E-state index contributed by atoms with van der Waals surface area (Å²) < 4.78 is 11.6. The number of benzene rings is 1. The zero-order valence-electron chi connectivity index (χ0n) is 14.7. The van der Waals surface area contributed by atoms with Crippen LogP contribution in [0.4, 0.5) is 5.69 Å². The van der Waals surface area contributed by atoms with Gasteiger partial charge in [0.2, 0.25) is 0 Å². The molecular formula is C18H19ClN2O3S. The molecule has 2 N–H and O–H groups in total. The molecule has 3 aromatic rings. The molecule has 0 unspecified atom stereocenters. The molecule has 3 rings (SSSR count). The molecule has 0 fully saturated rings. The lowest BCUT2D eigenvalue weighted by Crippen LogP contribution is -2.13. The highest BCUT2D eigenvalue weighted by Crippen LogP contribution is 2.38. The van der Waals surface area contributed by atoms with E-state index in [0.29, 0.717) is 27.8 Å². The van der Waals surface area contributed by atoms with Gasteiger partial charge in [0, 0.05) is 16.6 Å². The maximum Gasteiger partial charge on any atom is 0.259 e. The molecule has 0 aliphatic heterocycles. The van der Waals surface area contributed by atoms with E-state index >= 15 is 0 Å². The summed E-state index contributed by atoms with van der Waals surface area (Å²) in [7, 11) is 3.06. The van der Waals surface area contributed by atoms with E-state index < -0.39 is 0 Å². The number of thiophene rings is 1. The van der Waals surface area contributed by atoms with Crippen molar-refractivity contribution in [3.63, 3.8) is 0 Å². The van der Waals surface area contributed by atoms with Crippen LogP contribution in [0, 0.1) is 20.8 Å². The minimum Gasteiger partial charge on any atom is -0.495 e. The maximum absolute atomic E-state index is 12.9. The number of fused-ring (bicyclic) bond motifs is 1. The fourth-order valence-electron chi connectivity index (χ4n) is 2.80. The number of carbonyl (C=O) groups is 1. The van der Waals surface area contributed by atoms with Gasteiger partial charge in [-0.25, -0.2) is 0 Å². The van der Waals surface area contributed by atoms with Gasteiger partial charge in [-0.1, -0.05) is 11.6 Å². The van der Waals surface area contributed by atoms with Gasteiger partial charge in [-0.2, -0.15) is 0 Å². The van der Waals surface area contributed by atoms with Crippen molar-refractivity contribution in [2.75, 3.05) is 19.5 Å². The molecule has 0 bridgehead atoms. The average Bonchev–Trinajstić information content (AvgIpc) is 3.03. The van der Waals surface area contributed by atoms with Crippen LogP contribution in [0.2, 0.25) is 5.02 Å². The number of halogens is 1. The Kier molecular flexibility index (Phi) is 4.67. The molecule has 0 spiro atoms. The van der Waals surface area contributed by atoms with Crippen LogP contribution in [0.1, 0.15) is 26.5 Å². The molecule has 1 aromatic carbocycles. The highest BCUT2D eigenvalue weighted by molar-refractivity contribution is 7.19. The lowest BCUT2D eigenvalue weighted by Gasteiger charge is -2.13. The van der Waals surface area contributed by atoms with E-state index in [9.17, 15) is 4.79 Å². The smallest absolute Gasteiger partial charge is 0.259 e. The number of H-pyrrole nitrogens is 1. The number of aryl methyl sites for hydroxylation is 3. The van der Waals surface area contributed by atoms with Crippen LogP contribution in [-0.2, 0) is 0 Å². The fourth-order valence-corrected chi connectivity index (χ4v) is 4.20. The number of ether oxygens (including phenoxy) is 2. The molecule has 25 heavy (non-hydrogen) atoms. The largest absolute Gasteiger partial charge is 0.495 e. The quantitative estimate of drug-likeness (QED) is 0.665. The summed E-state index contributed by atoms with van der Waals surface area (Å²) in [5.74, 6) is 0.767. The first-order valence-corrected chi connectivity index (χ1v) is 8.88. The van der Waals surface area contributed by atoms with E-state index in [0.717, 1.165) is 20.8 Å². The van der Waals surface area contributed by atoms with E-state index in [4.69, 9.17) is 21.1 Å².